The number of hydrogen-bond donors (Lipinski definition) is 0. The summed E-state index contributed by atoms with van der Waals surface area (Å²) in [5.41, 5.74) is 2.19. The van der Waals surface area contributed by atoms with Gasteiger partial charge >= 0.3 is 0 Å². The maximum atomic E-state index is 5.57. The molecule has 1 aromatic heterocycles. The number of likely N-dealkylation sites (N-methyl/N-ethyl adjacent to an activating group) is 1. The van der Waals surface area contributed by atoms with E-state index < -0.39 is 0 Å². The molecule has 0 aromatic carbocycles. The molecule has 0 spiro atoms. The molecule has 0 N–H and O–H groups in total. The molecule has 0 saturated heterocycles. The SMILES string of the molecule is C=C1COc2sc(CC)cc2N1C. The van der Waals surface area contributed by atoms with Gasteiger partial charge in [-0.3, -0.25) is 0 Å². The second-order valence-electron chi connectivity index (χ2n) is 3.15. The Bertz CT molecular complexity index is 343. The molecule has 0 fully saturated rings. The van der Waals surface area contributed by atoms with E-state index >= 15 is 0 Å². The lowest BCUT2D eigenvalue weighted by molar-refractivity contribution is 0.349. The molecule has 0 bridgehead atoms. The lowest BCUT2D eigenvalue weighted by Gasteiger charge is -2.26. The Morgan fingerprint density at radius 2 is 2.46 bits per heavy atom. The molecule has 2 nitrogen and oxygen atoms in total. The largest absolute Gasteiger partial charge is 0.476 e. The van der Waals surface area contributed by atoms with Gasteiger partial charge in [0.25, 0.3) is 0 Å². The molecule has 70 valence electrons. The van der Waals surface area contributed by atoms with Gasteiger partial charge < -0.3 is 9.64 Å². The van der Waals surface area contributed by atoms with Crippen molar-refractivity contribution in [2.24, 2.45) is 0 Å². The summed E-state index contributed by atoms with van der Waals surface area (Å²) < 4.78 is 5.57. The molecular formula is C10H13NOS. The Morgan fingerprint density at radius 1 is 1.69 bits per heavy atom. The number of ether oxygens (including phenoxy) is 1. The van der Waals surface area contributed by atoms with Gasteiger partial charge in [-0.2, -0.15) is 0 Å². The van der Waals surface area contributed by atoms with Crippen LogP contribution in [0.1, 0.15) is 11.8 Å². The molecule has 1 aliphatic heterocycles. The Morgan fingerprint density at radius 3 is 3.15 bits per heavy atom. The maximum absolute atomic E-state index is 5.57. The third-order valence-electron chi connectivity index (χ3n) is 2.28. The smallest absolute Gasteiger partial charge is 0.198 e. The van der Waals surface area contributed by atoms with Crippen molar-refractivity contribution in [1.29, 1.82) is 0 Å². The second-order valence-corrected chi connectivity index (χ2v) is 4.25. The zero-order valence-electron chi connectivity index (χ0n) is 7.96. The number of anilines is 1. The van der Waals surface area contributed by atoms with E-state index in [0.717, 1.165) is 22.9 Å². The van der Waals surface area contributed by atoms with Crippen LogP contribution in [0, 0.1) is 0 Å². The molecule has 1 aromatic rings. The van der Waals surface area contributed by atoms with Crippen molar-refractivity contribution < 1.29 is 4.74 Å². The highest BCUT2D eigenvalue weighted by molar-refractivity contribution is 7.14. The summed E-state index contributed by atoms with van der Waals surface area (Å²) >= 11 is 1.74. The zero-order chi connectivity index (χ0) is 9.42. The molecule has 0 aliphatic carbocycles. The molecule has 0 atom stereocenters. The molecule has 0 amide bonds. The Hall–Kier alpha value is -0.960. The van der Waals surface area contributed by atoms with Gasteiger partial charge in [-0.25, -0.2) is 0 Å². The molecule has 1 aliphatic rings. The lowest BCUT2D eigenvalue weighted by Crippen LogP contribution is -2.24. The Labute approximate surface area is 82.4 Å². The Balaban J connectivity index is 2.41. The fourth-order valence-electron chi connectivity index (χ4n) is 1.34. The summed E-state index contributed by atoms with van der Waals surface area (Å²) in [4.78, 5) is 3.47. The minimum atomic E-state index is 0.618. The van der Waals surface area contributed by atoms with Crippen molar-refractivity contribution in [2.75, 3.05) is 18.6 Å². The standard InChI is InChI=1S/C10H13NOS/c1-4-8-5-9-10(13-8)12-6-7(2)11(9)3/h5H,2,4,6H2,1,3H3. The van der Waals surface area contributed by atoms with Crippen molar-refractivity contribution in [3.05, 3.63) is 23.2 Å². The molecular weight excluding hydrogens is 182 g/mol. The summed E-state index contributed by atoms with van der Waals surface area (Å²) in [6.45, 7) is 6.71. The normalized spacial score (nSPS) is 15.5. The fourth-order valence-corrected chi connectivity index (χ4v) is 2.31. The van der Waals surface area contributed by atoms with Gasteiger partial charge in [-0.15, -0.1) is 11.3 Å². The van der Waals surface area contributed by atoms with Gasteiger partial charge in [0.1, 0.15) is 6.61 Å². The number of rotatable bonds is 1. The third kappa shape index (κ3) is 1.33. The summed E-state index contributed by atoms with van der Waals surface area (Å²) in [7, 11) is 2.04. The number of nitrogens with zero attached hydrogens (tertiary/aromatic N) is 1. The van der Waals surface area contributed by atoms with Crippen molar-refractivity contribution in [2.45, 2.75) is 13.3 Å². The minimum Gasteiger partial charge on any atom is -0.476 e. The average molecular weight is 195 g/mol. The summed E-state index contributed by atoms with van der Waals surface area (Å²) in [5.74, 6) is 0. The van der Waals surface area contributed by atoms with Crippen LogP contribution in [0.5, 0.6) is 5.06 Å². The zero-order valence-corrected chi connectivity index (χ0v) is 8.78. The monoisotopic (exact) mass is 195 g/mol. The molecule has 2 rings (SSSR count). The van der Waals surface area contributed by atoms with E-state index in [0.29, 0.717) is 6.61 Å². The fraction of sp³-hybridized carbons (Fsp3) is 0.400. The Kier molecular flexibility index (Phi) is 2.04. The highest BCUT2D eigenvalue weighted by Gasteiger charge is 2.20. The predicted molar refractivity (Wildman–Crippen MR) is 56.7 cm³/mol. The first-order valence-electron chi connectivity index (χ1n) is 4.39. The third-order valence-corrected chi connectivity index (χ3v) is 3.47. The molecule has 13 heavy (non-hydrogen) atoms. The van der Waals surface area contributed by atoms with Crippen LogP contribution in [0.25, 0.3) is 0 Å². The molecule has 2 heterocycles. The summed E-state index contributed by atoms with van der Waals surface area (Å²) in [6, 6.07) is 2.18. The van der Waals surface area contributed by atoms with Crippen LogP contribution in [-0.4, -0.2) is 13.7 Å². The first-order valence-corrected chi connectivity index (χ1v) is 5.21. The van der Waals surface area contributed by atoms with Crippen molar-refractivity contribution >= 4 is 17.0 Å². The van der Waals surface area contributed by atoms with Crippen LogP contribution in [0.2, 0.25) is 0 Å². The van der Waals surface area contributed by atoms with Gasteiger partial charge in [0.2, 0.25) is 0 Å². The highest BCUT2D eigenvalue weighted by Crippen LogP contribution is 2.41. The number of hydrogen-bond acceptors (Lipinski definition) is 3. The van der Waals surface area contributed by atoms with Gasteiger partial charge in [-0.1, -0.05) is 13.5 Å². The average Bonchev–Trinajstić information content (AvgIpc) is 2.55. The maximum Gasteiger partial charge on any atom is 0.198 e. The predicted octanol–water partition coefficient (Wildman–Crippen LogP) is 2.65. The van der Waals surface area contributed by atoms with Crippen LogP contribution >= 0.6 is 11.3 Å². The van der Waals surface area contributed by atoms with Gasteiger partial charge in [0, 0.05) is 17.6 Å². The molecule has 0 radical (unpaired) electrons. The second kappa shape index (κ2) is 3.07. The van der Waals surface area contributed by atoms with E-state index in [1.165, 1.54) is 4.88 Å². The lowest BCUT2D eigenvalue weighted by atomic mass is 10.3. The van der Waals surface area contributed by atoms with Gasteiger partial charge in [0.15, 0.2) is 5.06 Å². The minimum absolute atomic E-state index is 0.618. The number of thiophene rings is 1. The van der Waals surface area contributed by atoms with Crippen LogP contribution < -0.4 is 9.64 Å². The van der Waals surface area contributed by atoms with Crippen molar-refractivity contribution in [3.8, 4) is 5.06 Å². The van der Waals surface area contributed by atoms with E-state index in [9.17, 15) is 0 Å². The first-order chi connectivity index (χ1) is 6.22. The van der Waals surface area contributed by atoms with Crippen LogP contribution in [0.3, 0.4) is 0 Å². The van der Waals surface area contributed by atoms with E-state index in [2.05, 4.69) is 24.5 Å². The van der Waals surface area contributed by atoms with Gasteiger partial charge in [-0.05, 0) is 12.5 Å². The molecule has 3 heteroatoms. The quantitative estimate of drug-likeness (QED) is 0.683. The molecule has 0 saturated carbocycles. The molecule has 0 unspecified atom stereocenters. The highest BCUT2D eigenvalue weighted by atomic mass is 32.1. The number of aryl methyl sites for hydroxylation is 1. The van der Waals surface area contributed by atoms with Crippen LogP contribution in [-0.2, 0) is 6.42 Å². The van der Waals surface area contributed by atoms with E-state index in [1.807, 2.05) is 7.05 Å². The summed E-state index contributed by atoms with van der Waals surface area (Å²) in [5, 5.41) is 1.03. The van der Waals surface area contributed by atoms with Crippen LogP contribution in [0.15, 0.2) is 18.3 Å². The van der Waals surface area contributed by atoms with Crippen molar-refractivity contribution in [1.82, 2.24) is 0 Å². The van der Waals surface area contributed by atoms with E-state index in [1.54, 1.807) is 11.3 Å². The van der Waals surface area contributed by atoms with E-state index in [-0.39, 0.29) is 0 Å². The first kappa shape index (κ1) is 8.63. The topological polar surface area (TPSA) is 12.5 Å². The van der Waals surface area contributed by atoms with Crippen molar-refractivity contribution in [3.63, 3.8) is 0 Å². The summed E-state index contributed by atoms with van der Waals surface area (Å²) in [6.07, 6.45) is 1.07. The van der Waals surface area contributed by atoms with E-state index in [4.69, 9.17) is 4.74 Å². The van der Waals surface area contributed by atoms with Crippen LogP contribution in [0.4, 0.5) is 5.69 Å². The number of fused-ring (bicyclic) bond motifs is 1. The van der Waals surface area contributed by atoms with Gasteiger partial charge in [0.05, 0.1) is 5.69 Å².